The number of aromatic nitrogens is 1. The van der Waals surface area contributed by atoms with Crippen molar-refractivity contribution in [1.29, 1.82) is 0 Å². The number of likely N-dealkylation sites (tertiary alicyclic amines) is 1. The molecule has 2 unspecified atom stereocenters. The average molecular weight is 291 g/mol. The minimum Gasteiger partial charge on any atom is -0.342 e. The van der Waals surface area contributed by atoms with E-state index in [9.17, 15) is 4.79 Å². The topological polar surface area (TPSA) is 45.2 Å². The Morgan fingerprint density at radius 1 is 1.55 bits per heavy atom. The van der Waals surface area contributed by atoms with E-state index in [-0.39, 0.29) is 0 Å². The van der Waals surface area contributed by atoms with E-state index in [1.807, 2.05) is 28.9 Å². The van der Waals surface area contributed by atoms with Gasteiger partial charge in [-0.05, 0) is 18.1 Å². The van der Waals surface area contributed by atoms with Crippen LogP contribution in [0.25, 0.3) is 0 Å². The van der Waals surface area contributed by atoms with Gasteiger partial charge in [0.05, 0.1) is 0 Å². The molecule has 0 saturated carbocycles. The predicted octanol–water partition coefficient (Wildman–Crippen LogP) is 1.49. The summed E-state index contributed by atoms with van der Waals surface area (Å²) in [6.07, 6.45) is 5.43. The second kappa shape index (κ2) is 6.59. The van der Waals surface area contributed by atoms with Gasteiger partial charge in [0.1, 0.15) is 0 Å². The molecule has 5 heteroatoms. The van der Waals surface area contributed by atoms with E-state index in [4.69, 9.17) is 0 Å². The summed E-state index contributed by atoms with van der Waals surface area (Å²) >= 11 is 1.94. The van der Waals surface area contributed by atoms with E-state index in [1.54, 1.807) is 6.20 Å². The summed E-state index contributed by atoms with van der Waals surface area (Å²) in [5.74, 6) is 2.99. The second-order valence-corrected chi connectivity index (χ2v) is 6.69. The molecule has 1 aromatic heterocycles. The fraction of sp³-hybridized carbons (Fsp3) is 0.600. The maximum absolute atomic E-state index is 12.4. The molecule has 2 saturated heterocycles. The van der Waals surface area contributed by atoms with Crippen LogP contribution in [0, 0.1) is 0 Å². The summed E-state index contributed by atoms with van der Waals surface area (Å²) in [7, 11) is 0. The SMILES string of the molecule is O=C(CC1CSCCN1)N1CCC(c2cccnc2)C1. The highest BCUT2D eigenvalue weighted by Gasteiger charge is 2.28. The molecule has 2 aliphatic rings. The van der Waals surface area contributed by atoms with Crippen molar-refractivity contribution in [3.05, 3.63) is 30.1 Å². The zero-order valence-electron chi connectivity index (χ0n) is 11.6. The van der Waals surface area contributed by atoms with E-state index >= 15 is 0 Å². The van der Waals surface area contributed by atoms with Gasteiger partial charge in [0.25, 0.3) is 0 Å². The van der Waals surface area contributed by atoms with Gasteiger partial charge in [-0.25, -0.2) is 0 Å². The van der Waals surface area contributed by atoms with Gasteiger partial charge in [0, 0.05) is 61.9 Å². The van der Waals surface area contributed by atoms with Gasteiger partial charge in [-0.3, -0.25) is 9.78 Å². The Morgan fingerprint density at radius 3 is 3.25 bits per heavy atom. The van der Waals surface area contributed by atoms with Crippen molar-refractivity contribution >= 4 is 17.7 Å². The first-order valence-electron chi connectivity index (χ1n) is 7.32. The van der Waals surface area contributed by atoms with Crippen LogP contribution in [0.4, 0.5) is 0 Å². The number of amides is 1. The first-order chi connectivity index (χ1) is 9.83. The highest BCUT2D eigenvalue weighted by atomic mass is 32.2. The molecule has 0 aliphatic carbocycles. The van der Waals surface area contributed by atoms with Crippen LogP contribution in [0.5, 0.6) is 0 Å². The maximum Gasteiger partial charge on any atom is 0.224 e. The highest BCUT2D eigenvalue weighted by Crippen LogP contribution is 2.27. The lowest BCUT2D eigenvalue weighted by Gasteiger charge is -2.25. The number of thioether (sulfide) groups is 1. The maximum atomic E-state index is 12.4. The molecule has 2 fully saturated rings. The number of hydrogen-bond acceptors (Lipinski definition) is 4. The van der Waals surface area contributed by atoms with E-state index in [0.717, 1.165) is 37.6 Å². The molecule has 0 radical (unpaired) electrons. The fourth-order valence-corrected chi connectivity index (χ4v) is 3.92. The Bertz CT molecular complexity index is 448. The van der Waals surface area contributed by atoms with Crippen molar-refractivity contribution in [3.63, 3.8) is 0 Å². The lowest BCUT2D eigenvalue weighted by atomic mass is 10.0. The van der Waals surface area contributed by atoms with Gasteiger partial charge in [-0.1, -0.05) is 6.07 Å². The van der Waals surface area contributed by atoms with Crippen molar-refractivity contribution in [2.75, 3.05) is 31.1 Å². The van der Waals surface area contributed by atoms with Crippen molar-refractivity contribution in [1.82, 2.24) is 15.2 Å². The lowest BCUT2D eigenvalue weighted by Crippen LogP contribution is -2.42. The molecular weight excluding hydrogens is 270 g/mol. The Kier molecular flexibility index (Phi) is 4.58. The summed E-state index contributed by atoms with van der Waals surface area (Å²) in [5.41, 5.74) is 1.26. The van der Waals surface area contributed by atoms with E-state index < -0.39 is 0 Å². The summed E-state index contributed by atoms with van der Waals surface area (Å²) < 4.78 is 0. The molecule has 20 heavy (non-hydrogen) atoms. The number of carbonyl (C=O) groups is 1. The smallest absolute Gasteiger partial charge is 0.224 e. The Morgan fingerprint density at radius 2 is 2.50 bits per heavy atom. The van der Waals surface area contributed by atoms with Gasteiger partial charge < -0.3 is 10.2 Å². The average Bonchev–Trinajstić information content (AvgIpc) is 2.99. The van der Waals surface area contributed by atoms with Crippen LogP contribution in [0.1, 0.15) is 24.3 Å². The Hall–Kier alpha value is -1.07. The number of pyridine rings is 1. The van der Waals surface area contributed by atoms with Crippen LogP contribution in [-0.2, 0) is 4.79 Å². The summed E-state index contributed by atoms with van der Waals surface area (Å²) in [6, 6.07) is 4.45. The third-order valence-electron chi connectivity index (χ3n) is 4.12. The van der Waals surface area contributed by atoms with E-state index in [1.165, 1.54) is 5.56 Å². The molecule has 3 heterocycles. The number of carbonyl (C=O) groups excluding carboxylic acids is 1. The number of nitrogens with one attached hydrogen (secondary N) is 1. The Labute approximate surface area is 124 Å². The largest absolute Gasteiger partial charge is 0.342 e. The lowest BCUT2D eigenvalue weighted by molar-refractivity contribution is -0.130. The molecule has 1 N–H and O–H groups in total. The van der Waals surface area contributed by atoms with Crippen molar-refractivity contribution < 1.29 is 4.79 Å². The van der Waals surface area contributed by atoms with Crippen molar-refractivity contribution in [2.45, 2.75) is 24.8 Å². The molecule has 2 atom stereocenters. The van der Waals surface area contributed by atoms with Gasteiger partial charge in [-0.15, -0.1) is 0 Å². The Balaban J connectivity index is 1.53. The minimum absolute atomic E-state index is 0.302. The van der Waals surface area contributed by atoms with Crippen LogP contribution < -0.4 is 5.32 Å². The quantitative estimate of drug-likeness (QED) is 0.916. The van der Waals surface area contributed by atoms with Gasteiger partial charge in [0.2, 0.25) is 5.91 Å². The number of rotatable bonds is 3. The van der Waals surface area contributed by atoms with Crippen LogP contribution in [0.2, 0.25) is 0 Å². The monoisotopic (exact) mass is 291 g/mol. The predicted molar refractivity (Wildman–Crippen MR) is 81.9 cm³/mol. The molecule has 1 amide bonds. The summed E-state index contributed by atoms with van der Waals surface area (Å²) in [6.45, 7) is 2.77. The molecule has 0 bridgehead atoms. The molecule has 3 rings (SSSR count). The normalized spacial score (nSPS) is 26.7. The number of nitrogens with zero attached hydrogens (tertiary/aromatic N) is 2. The molecule has 0 aromatic carbocycles. The first kappa shape index (κ1) is 13.9. The third kappa shape index (κ3) is 3.33. The summed E-state index contributed by atoms with van der Waals surface area (Å²) in [5, 5.41) is 3.44. The molecule has 1 aromatic rings. The third-order valence-corrected chi connectivity index (χ3v) is 5.25. The molecule has 108 valence electrons. The van der Waals surface area contributed by atoms with Gasteiger partial charge in [0.15, 0.2) is 0 Å². The standard InChI is InChI=1S/C15H21N3OS/c19-15(8-14-11-20-7-5-17-14)18-6-3-13(10-18)12-2-1-4-16-9-12/h1-2,4,9,13-14,17H,3,5-8,10-11H2. The summed E-state index contributed by atoms with van der Waals surface area (Å²) in [4.78, 5) is 18.6. The number of hydrogen-bond donors (Lipinski definition) is 1. The van der Waals surface area contributed by atoms with Crippen molar-refractivity contribution in [2.24, 2.45) is 0 Å². The molecular formula is C15H21N3OS. The minimum atomic E-state index is 0.302. The van der Waals surface area contributed by atoms with Crippen LogP contribution in [-0.4, -0.2) is 53.0 Å². The molecule has 4 nitrogen and oxygen atoms in total. The first-order valence-corrected chi connectivity index (χ1v) is 8.47. The zero-order valence-corrected chi connectivity index (χ0v) is 12.4. The van der Waals surface area contributed by atoms with E-state index in [2.05, 4.69) is 16.4 Å². The van der Waals surface area contributed by atoms with Gasteiger partial charge >= 0.3 is 0 Å². The fourth-order valence-electron chi connectivity index (χ4n) is 2.97. The molecule has 0 spiro atoms. The van der Waals surface area contributed by atoms with Crippen molar-refractivity contribution in [3.8, 4) is 0 Å². The van der Waals surface area contributed by atoms with Gasteiger partial charge in [-0.2, -0.15) is 11.8 Å². The molecule has 2 aliphatic heterocycles. The van der Waals surface area contributed by atoms with Crippen LogP contribution in [0.15, 0.2) is 24.5 Å². The van der Waals surface area contributed by atoms with Crippen LogP contribution in [0.3, 0.4) is 0 Å². The van der Waals surface area contributed by atoms with E-state index in [0.29, 0.717) is 24.3 Å². The second-order valence-electron chi connectivity index (χ2n) is 5.54. The van der Waals surface area contributed by atoms with Crippen LogP contribution >= 0.6 is 11.8 Å². The highest BCUT2D eigenvalue weighted by molar-refractivity contribution is 7.99. The zero-order chi connectivity index (χ0) is 13.8.